The molecule has 132 valence electrons. The van der Waals surface area contributed by atoms with Crippen LogP contribution in [0.3, 0.4) is 0 Å². The molecule has 6 heteroatoms. The summed E-state index contributed by atoms with van der Waals surface area (Å²) < 4.78 is 1.68. The molecule has 0 saturated carbocycles. The summed E-state index contributed by atoms with van der Waals surface area (Å²) in [6.45, 7) is 0. The van der Waals surface area contributed by atoms with E-state index in [9.17, 15) is 4.79 Å². The summed E-state index contributed by atoms with van der Waals surface area (Å²) in [4.78, 5) is 13.4. The second-order valence-corrected chi connectivity index (χ2v) is 6.68. The van der Waals surface area contributed by atoms with Gasteiger partial charge in [0, 0.05) is 5.56 Å². The lowest BCUT2D eigenvalue weighted by atomic mass is 10.1. The Morgan fingerprint density at radius 2 is 1.44 bits per heavy atom. The van der Waals surface area contributed by atoms with Crippen LogP contribution in [0.15, 0.2) is 96.1 Å². The second kappa shape index (κ2) is 7.80. The number of ketones is 1. The van der Waals surface area contributed by atoms with E-state index in [1.807, 2.05) is 78.9 Å². The molecule has 0 bridgehead atoms. The molecule has 0 atom stereocenters. The molecule has 4 rings (SSSR count). The van der Waals surface area contributed by atoms with E-state index in [0.29, 0.717) is 15.4 Å². The Balaban J connectivity index is 1.77. The SMILES string of the molecule is O=C(c1ccccc1)c1nn(-c2ccccc2)/c(=N\Nc2ccccc2)s1. The molecule has 0 spiro atoms. The van der Waals surface area contributed by atoms with E-state index in [2.05, 4.69) is 15.6 Å². The Morgan fingerprint density at radius 1 is 0.852 bits per heavy atom. The number of aromatic nitrogens is 2. The predicted octanol–water partition coefficient (Wildman–Crippen LogP) is 4.09. The van der Waals surface area contributed by atoms with Crippen molar-refractivity contribution in [3.63, 3.8) is 0 Å². The van der Waals surface area contributed by atoms with Gasteiger partial charge in [-0.25, -0.2) is 4.68 Å². The van der Waals surface area contributed by atoms with Crippen LogP contribution < -0.4 is 10.2 Å². The van der Waals surface area contributed by atoms with Crippen molar-refractivity contribution in [2.24, 2.45) is 5.10 Å². The minimum Gasteiger partial charge on any atom is -0.286 e. The van der Waals surface area contributed by atoms with Crippen LogP contribution in [0.25, 0.3) is 5.69 Å². The molecular weight excluding hydrogens is 356 g/mol. The molecular formula is C21H16N4OS. The lowest BCUT2D eigenvalue weighted by Crippen LogP contribution is -2.16. The summed E-state index contributed by atoms with van der Waals surface area (Å²) in [7, 11) is 0. The number of carbonyl (C=O) groups is 1. The minimum absolute atomic E-state index is 0.119. The molecule has 5 nitrogen and oxygen atoms in total. The van der Waals surface area contributed by atoms with Gasteiger partial charge >= 0.3 is 0 Å². The topological polar surface area (TPSA) is 59.3 Å². The molecule has 0 aliphatic heterocycles. The largest absolute Gasteiger partial charge is 0.286 e. The standard InChI is InChI=1S/C21H16N4OS/c26-19(16-10-4-1-5-11-16)20-24-25(18-14-8-3-9-15-18)21(27-20)23-22-17-12-6-2-7-13-17/h1-15,22H/b23-21+. The fraction of sp³-hybridized carbons (Fsp3) is 0. The van der Waals surface area contributed by atoms with Gasteiger partial charge in [0.2, 0.25) is 10.6 Å². The lowest BCUT2D eigenvalue weighted by molar-refractivity contribution is 0.103. The highest BCUT2D eigenvalue weighted by molar-refractivity contribution is 7.11. The number of hydrogen-bond donors (Lipinski definition) is 1. The Kier molecular flexibility index (Phi) is 4.89. The average Bonchev–Trinajstić information content (AvgIpc) is 3.18. The van der Waals surface area contributed by atoms with Crippen LogP contribution >= 0.6 is 11.3 Å². The molecule has 27 heavy (non-hydrogen) atoms. The van der Waals surface area contributed by atoms with E-state index >= 15 is 0 Å². The van der Waals surface area contributed by atoms with E-state index in [-0.39, 0.29) is 5.78 Å². The number of nitrogens with zero attached hydrogens (tertiary/aromatic N) is 3. The molecule has 0 amide bonds. The first-order valence-corrected chi connectivity index (χ1v) is 9.23. The molecule has 1 heterocycles. The summed E-state index contributed by atoms with van der Waals surface area (Å²) in [6, 6.07) is 28.4. The predicted molar refractivity (Wildman–Crippen MR) is 107 cm³/mol. The number of anilines is 1. The van der Waals surface area contributed by atoms with Crippen molar-refractivity contribution in [2.75, 3.05) is 5.43 Å². The van der Waals surface area contributed by atoms with E-state index < -0.39 is 0 Å². The summed E-state index contributed by atoms with van der Waals surface area (Å²) in [5.41, 5.74) is 5.34. The summed E-state index contributed by atoms with van der Waals surface area (Å²) >= 11 is 1.25. The first-order valence-electron chi connectivity index (χ1n) is 8.41. The Labute approximate surface area is 160 Å². The maximum absolute atomic E-state index is 12.8. The van der Waals surface area contributed by atoms with Crippen molar-refractivity contribution in [1.29, 1.82) is 0 Å². The molecule has 1 N–H and O–H groups in total. The van der Waals surface area contributed by atoms with Gasteiger partial charge in [-0.2, -0.15) is 5.10 Å². The van der Waals surface area contributed by atoms with Gasteiger partial charge < -0.3 is 0 Å². The smallest absolute Gasteiger partial charge is 0.231 e. The van der Waals surface area contributed by atoms with Gasteiger partial charge in [-0.1, -0.05) is 78.1 Å². The van der Waals surface area contributed by atoms with Crippen LogP contribution in [0.4, 0.5) is 5.69 Å². The fourth-order valence-corrected chi connectivity index (χ4v) is 3.35. The van der Waals surface area contributed by atoms with Crippen LogP contribution in [0.1, 0.15) is 15.4 Å². The normalized spacial score (nSPS) is 11.3. The highest BCUT2D eigenvalue weighted by Crippen LogP contribution is 2.12. The molecule has 0 aliphatic carbocycles. The van der Waals surface area contributed by atoms with Crippen molar-refractivity contribution < 1.29 is 4.79 Å². The molecule has 0 fully saturated rings. The van der Waals surface area contributed by atoms with Crippen LogP contribution in [0, 0.1) is 0 Å². The van der Waals surface area contributed by atoms with Crippen molar-refractivity contribution in [2.45, 2.75) is 0 Å². The highest BCUT2D eigenvalue weighted by Gasteiger charge is 2.16. The second-order valence-electron chi connectivity index (χ2n) is 5.72. The van der Waals surface area contributed by atoms with Gasteiger partial charge in [0.05, 0.1) is 11.4 Å². The Morgan fingerprint density at radius 3 is 2.11 bits per heavy atom. The van der Waals surface area contributed by atoms with Gasteiger partial charge in [0.25, 0.3) is 0 Å². The molecule has 0 unspecified atom stereocenters. The Bertz CT molecular complexity index is 1100. The first kappa shape index (κ1) is 16.9. The summed E-state index contributed by atoms with van der Waals surface area (Å²) in [5, 5.41) is 9.37. The van der Waals surface area contributed by atoms with Crippen molar-refractivity contribution in [3.05, 3.63) is 106 Å². The van der Waals surface area contributed by atoms with E-state index in [1.165, 1.54) is 11.3 Å². The van der Waals surface area contributed by atoms with Crippen LogP contribution in [-0.2, 0) is 0 Å². The molecule has 4 aromatic rings. The molecule has 0 aliphatic rings. The molecule has 1 aromatic heterocycles. The van der Waals surface area contributed by atoms with Gasteiger partial charge in [0.15, 0.2) is 5.01 Å². The van der Waals surface area contributed by atoms with Gasteiger partial charge in [-0.05, 0) is 24.3 Å². The van der Waals surface area contributed by atoms with Crippen LogP contribution in [0.2, 0.25) is 0 Å². The number of benzene rings is 3. The monoisotopic (exact) mass is 372 g/mol. The zero-order valence-corrected chi connectivity index (χ0v) is 15.1. The number of nitrogens with one attached hydrogen (secondary N) is 1. The maximum Gasteiger partial charge on any atom is 0.231 e. The fourth-order valence-electron chi connectivity index (χ4n) is 2.52. The molecule has 3 aromatic carbocycles. The van der Waals surface area contributed by atoms with Gasteiger partial charge in [0.1, 0.15) is 0 Å². The zero-order valence-electron chi connectivity index (χ0n) is 14.3. The van der Waals surface area contributed by atoms with Crippen molar-refractivity contribution in [1.82, 2.24) is 9.78 Å². The third kappa shape index (κ3) is 3.86. The number of rotatable bonds is 5. The lowest BCUT2D eigenvalue weighted by Gasteiger charge is -2.01. The Hall–Kier alpha value is -3.51. The van der Waals surface area contributed by atoms with E-state index in [1.54, 1.807) is 16.8 Å². The third-order valence-corrected chi connectivity index (χ3v) is 4.75. The summed E-state index contributed by atoms with van der Waals surface area (Å²) in [6.07, 6.45) is 0. The van der Waals surface area contributed by atoms with Gasteiger partial charge in [-0.3, -0.25) is 10.2 Å². The average molecular weight is 372 g/mol. The number of para-hydroxylation sites is 2. The number of carbonyl (C=O) groups excluding carboxylic acids is 1. The van der Waals surface area contributed by atoms with Crippen LogP contribution in [-0.4, -0.2) is 15.6 Å². The molecule has 0 saturated heterocycles. The van der Waals surface area contributed by atoms with Crippen molar-refractivity contribution in [3.8, 4) is 5.69 Å². The van der Waals surface area contributed by atoms with Crippen molar-refractivity contribution >= 4 is 22.8 Å². The maximum atomic E-state index is 12.8. The van der Waals surface area contributed by atoms with Gasteiger partial charge in [-0.15, -0.1) is 5.10 Å². The quantitative estimate of drug-likeness (QED) is 0.424. The summed E-state index contributed by atoms with van der Waals surface area (Å²) in [5.74, 6) is -0.119. The van der Waals surface area contributed by atoms with E-state index in [0.717, 1.165) is 11.4 Å². The zero-order chi connectivity index (χ0) is 18.5. The molecule has 0 radical (unpaired) electrons. The third-order valence-electron chi connectivity index (χ3n) is 3.85. The highest BCUT2D eigenvalue weighted by atomic mass is 32.1. The minimum atomic E-state index is -0.119. The van der Waals surface area contributed by atoms with E-state index in [4.69, 9.17) is 0 Å². The first-order chi connectivity index (χ1) is 13.3. The number of hydrogen-bond acceptors (Lipinski definition) is 5. The van der Waals surface area contributed by atoms with Crippen LogP contribution in [0.5, 0.6) is 0 Å².